The van der Waals surface area contributed by atoms with Crippen molar-refractivity contribution < 1.29 is 13.2 Å². The molecule has 2 atom stereocenters. The van der Waals surface area contributed by atoms with Crippen LogP contribution in [-0.2, 0) is 26.4 Å². The Morgan fingerprint density at radius 1 is 1.07 bits per heavy atom. The molecule has 210 valence electrons. The minimum absolute atomic E-state index is 0.0244. The average Bonchev–Trinajstić information content (AvgIpc) is 3.34. The lowest BCUT2D eigenvalue weighted by atomic mass is 9.69. The number of benzene rings is 2. The van der Waals surface area contributed by atoms with Crippen LogP contribution < -0.4 is 0 Å². The number of piperidine rings is 1. The van der Waals surface area contributed by atoms with Gasteiger partial charge in [0.25, 0.3) is 0 Å². The number of aromatic nitrogens is 2. The molecule has 2 saturated heterocycles. The van der Waals surface area contributed by atoms with Crippen LogP contribution in [0.5, 0.6) is 0 Å². The molecule has 6 rings (SSSR count). The van der Waals surface area contributed by atoms with Crippen molar-refractivity contribution in [2.24, 2.45) is 5.41 Å². The highest BCUT2D eigenvalue weighted by Gasteiger charge is 2.50. The van der Waals surface area contributed by atoms with Gasteiger partial charge >= 0.3 is 10.4 Å². The largest absolute Gasteiger partial charge is 0.325 e. The van der Waals surface area contributed by atoms with Crippen molar-refractivity contribution in [1.29, 1.82) is 0 Å². The number of thioether (sulfide) groups is 2. The number of hydrogen-bond acceptors (Lipinski definition) is 4. The molecule has 1 unspecified atom stereocenters. The second-order valence-corrected chi connectivity index (χ2v) is 16.4. The summed E-state index contributed by atoms with van der Waals surface area (Å²) in [5.74, 6) is 1.93. The number of hydrogen-bond donors (Lipinski definition) is 1. The first-order valence-electron chi connectivity index (χ1n) is 13.7. The Balaban J connectivity index is 1.37. The molecule has 3 aromatic rings. The minimum Gasteiger partial charge on any atom is -0.233 e. The fourth-order valence-corrected chi connectivity index (χ4v) is 9.93. The molecule has 1 aromatic heterocycles. The normalized spacial score (nSPS) is 23.1. The topological polar surface area (TPSA) is 58.4 Å². The van der Waals surface area contributed by atoms with Crippen molar-refractivity contribution in [1.82, 2.24) is 14.1 Å². The molecule has 0 spiro atoms. The van der Waals surface area contributed by atoms with Gasteiger partial charge in [0.1, 0.15) is 5.82 Å². The molecule has 2 fully saturated rings. The van der Waals surface area contributed by atoms with Crippen LogP contribution in [0, 0.1) is 11.2 Å². The second kappa shape index (κ2) is 10.6. The average molecular weight is 597 g/mol. The SMILES string of the molecule is CC(C)(C)c1ccc([S+](=O)(O)N2CCC3=Cc4c(cnn4-c4ccc(F)cc4)C[C@]3(C=C3SCCCS3)C2)cc1. The van der Waals surface area contributed by atoms with Gasteiger partial charge in [0, 0.05) is 9.65 Å². The molecule has 1 N–H and O–H groups in total. The van der Waals surface area contributed by atoms with Gasteiger partial charge in [-0.05, 0) is 94.0 Å². The Morgan fingerprint density at radius 3 is 2.45 bits per heavy atom. The summed E-state index contributed by atoms with van der Waals surface area (Å²) in [6.07, 6.45) is 9.07. The summed E-state index contributed by atoms with van der Waals surface area (Å²) in [6.45, 7) is 7.38. The number of nitrogens with zero attached hydrogens (tertiary/aromatic N) is 3. The fourth-order valence-electron chi connectivity index (χ4n) is 5.79. The molecule has 9 heteroatoms. The summed E-state index contributed by atoms with van der Waals surface area (Å²) in [5, 5.41) is 4.68. The van der Waals surface area contributed by atoms with Crippen molar-refractivity contribution in [3.63, 3.8) is 0 Å². The molecule has 40 heavy (non-hydrogen) atoms. The van der Waals surface area contributed by atoms with E-state index in [-0.39, 0.29) is 11.2 Å². The van der Waals surface area contributed by atoms with Gasteiger partial charge < -0.3 is 0 Å². The summed E-state index contributed by atoms with van der Waals surface area (Å²) in [4.78, 5) is 0.456. The Bertz CT molecular complexity index is 1510. The van der Waals surface area contributed by atoms with E-state index < -0.39 is 15.8 Å². The van der Waals surface area contributed by atoms with Crippen LogP contribution in [0.15, 0.2) is 75.5 Å². The van der Waals surface area contributed by atoms with Gasteiger partial charge in [-0.15, -0.1) is 23.5 Å². The molecule has 3 heterocycles. The molecule has 3 aliphatic rings. The Labute approximate surface area is 245 Å². The zero-order chi connectivity index (χ0) is 28.1. The molecule has 1 aliphatic carbocycles. The lowest BCUT2D eigenvalue weighted by molar-refractivity contribution is 0.246. The standard InChI is InChI=1S/C31H34FN3O2S3/c1-30(2,3)23-5-11-27(12-6-23)40(36,37)34-14-13-24-17-28-22(20-33-35(28)26-9-7-25(32)8-10-26)18-31(24,21-34)19-29-38-15-4-16-39-29/h5-12,17,19-20H,4,13-16,18,21H2,1-3H3/p+1/t31-/m0/s1. The second-order valence-electron chi connectivity index (χ2n) is 11.8. The van der Waals surface area contributed by atoms with Crippen molar-refractivity contribution in [3.05, 3.63) is 93.3 Å². The molecule has 0 bridgehead atoms. The lowest BCUT2D eigenvalue weighted by Crippen LogP contribution is -2.50. The smallest absolute Gasteiger partial charge is 0.233 e. The van der Waals surface area contributed by atoms with Crippen LogP contribution in [-0.4, -0.2) is 43.2 Å². The third-order valence-electron chi connectivity index (χ3n) is 8.05. The Hall–Kier alpha value is -2.17. The maximum atomic E-state index is 14.1. The molecular weight excluding hydrogens is 562 g/mol. The summed E-state index contributed by atoms with van der Waals surface area (Å²) in [7, 11) is -3.42. The highest BCUT2D eigenvalue weighted by atomic mass is 32.3. The Kier molecular flexibility index (Phi) is 7.40. The highest BCUT2D eigenvalue weighted by Crippen LogP contribution is 2.50. The van der Waals surface area contributed by atoms with E-state index in [9.17, 15) is 13.2 Å². The van der Waals surface area contributed by atoms with Gasteiger partial charge in [-0.1, -0.05) is 48.9 Å². The highest BCUT2D eigenvalue weighted by molar-refractivity contribution is 8.22. The summed E-state index contributed by atoms with van der Waals surface area (Å²) >= 11 is 3.78. The summed E-state index contributed by atoms with van der Waals surface area (Å²) in [5.41, 5.74) is 4.90. The summed E-state index contributed by atoms with van der Waals surface area (Å²) in [6, 6.07) is 14.0. The molecule has 0 radical (unpaired) electrons. The zero-order valence-corrected chi connectivity index (χ0v) is 25.5. The monoisotopic (exact) mass is 596 g/mol. The van der Waals surface area contributed by atoms with Gasteiger partial charge in [0.05, 0.1) is 30.7 Å². The van der Waals surface area contributed by atoms with Gasteiger partial charge in [-0.25, -0.2) is 9.07 Å². The van der Waals surface area contributed by atoms with Gasteiger partial charge in [0.2, 0.25) is 4.90 Å². The third-order valence-corrected chi connectivity index (χ3v) is 12.4. The molecule has 5 nitrogen and oxygen atoms in total. The zero-order valence-electron chi connectivity index (χ0n) is 23.1. The summed E-state index contributed by atoms with van der Waals surface area (Å²) < 4.78 is 44.2. The molecule has 0 saturated carbocycles. The molecule has 0 amide bonds. The maximum absolute atomic E-state index is 14.1. The van der Waals surface area contributed by atoms with Crippen molar-refractivity contribution in [3.8, 4) is 5.69 Å². The van der Waals surface area contributed by atoms with E-state index in [0.29, 0.717) is 30.8 Å². The van der Waals surface area contributed by atoms with Crippen LogP contribution in [0.4, 0.5) is 4.39 Å². The maximum Gasteiger partial charge on any atom is 0.325 e. The number of halogens is 1. The van der Waals surface area contributed by atoms with E-state index in [2.05, 4.69) is 38.0 Å². The Morgan fingerprint density at radius 2 is 1.77 bits per heavy atom. The quantitative estimate of drug-likeness (QED) is 0.315. The van der Waals surface area contributed by atoms with Crippen LogP contribution in [0.2, 0.25) is 0 Å². The number of fused-ring (bicyclic) bond motifs is 2. The fraction of sp³-hybridized carbons (Fsp3) is 0.387. The van der Waals surface area contributed by atoms with E-state index in [0.717, 1.165) is 34.0 Å². The number of rotatable bonds is 4. The van der Waals surface area contributed by atoms with E-state index in [1.807, 2.05) is 58.7 Å². The predicted molar refractivity (Wildman–Crippen MR) is 166 cm³/mol. The molecular formula is C31H35FN3O2S3+. The first kappa shape index (κ1) is 28.0. The predicted octanol–water partition coefficient (Wildman–Crippen LogP) is 7.60. The van der Waals surface area contributed by atoms with Gasteiger partial charge in [0.15, 0.2) is 0 Å². The van der Waals surface area contributed by atoms with Crippen molar-refractivity contribution >= 4 is 40.0 Å². The van der Waals surface area contributed by atoms with Crippen LogP contribution in [0.3, 0.4) is 0 Å². The minimum atomic E-state index is -3.42. The van der Waals surface area contributed by atoms with Crippen molar-refractivity contribution in [2.45, 2.75) is 50.3 Å². The van der Waals surface area contributed by atoms with Crippen LogP contribution in [0.25, 0.3) is 11.8 Å². The molecule has 2 aromatic carbocycles. The van der Waals surface area contributed by atoms with E-state index in [1.54, 1.807) is 16.4 Å². The first-order chi connectivity index (χ1) is 19.0. The molecule has 2 aliphatic heterocycles. The first-order valence-corrected chi connectivity index (χ1v) is 17.1. The third kappa shape index (κ3) is 5.27. The lowest BCUT2D eigenvalue weighted by Gasteiger charge is -2.43. The van der Waals surface area contributed by atoms with Crippen LogP contribution >= 0.6 is 23.5 Å². The van der Waals surface area contributed by atoms with E-state index in [1.165, 1.54) is 28.4 Å². The van der Waals surface area contributed by atoms with Gasteiger partial charge in [-0.2, -0.15) is 9.65 Å². The van der Waals surface area contributed by atoms with E-state index >= 15 is 0 Å². The van der Waals surface area contributed by atoms with Crippen molar-refractivity contribution in [2.75, 3.05) is 24.6 Å². The van der Waals surface area contributed by atoms with E-state index in [4.69, 9.17) is 0 Å². The van der Waals surface area contributed by atoms with Gasteiger partial charge in [-0.3, -0.25) is 0 Å². The van der Waals surface area contributed by atoms with Crippen LogP contribution in [0.1, 0.15) is 50.4 Å².